The molecule has 0 spiro atoms. The van der Waals surface area contributed by atoms with Crippen LogP contribution in [0.3, 0.4) is 0 Å². The van der Waals surface area contributed by atoms with Crippen molar-refractivity contribution in [3.05, 3.63) is 46.2 Å². The average molecular weight is 441 g/mol. The van der Waals surface area contributed by atoms with Crippen LogP contribution < -0.4 is 14.3 Å². The van der Waals surface area contributed by atoms with E-state index in [1.165, 1.54) is 29.8 Å². The number of hydrogen-bond donors (Lipinski definition) is 0. The fourth-order valence-corrected chi connectivity index (χ4v) is 5.02. The molecule has 0 radical (unpaired) electrons. The van der Waals surface area contributed by atoms with E-state index >= 15 is 0 Å². The Hall–Kier alpha value is -3.24. The Morgan fingerprint density at radius 2 is 1.90 bits per heavy atom. The van der Waals surface area contributed by atoms with Gasteiger partial charge in [-0.1, -0.05) is 23.5 Å². The van der Waals surface area contributed by atoms with E-state index in [1.807, 2.05) is 30.3 Å². The van der Waals surface area contributed by atoms with Crippen molar-refractivity contribution in [1.29, 1.82) is 0 Å². The van der Waals surface area contributed by atoms with E-state index in [-0.39, 0.29) is 6.54 Å². The molecule has 152 valence electrons. The number of nitrogens with zero attached hydrogens (tertiary/aromatic N) is 3. The molecule has 0 unspecified atom stereocenters. The third-order valence-corrected chi connectivity index (χ3v) is 6.60. The van der Waals surface area contributed by atoms with E-state index in [4.69, 9.17) is 14.2 Å². The Morgan fingerprint density at radius 3 is 2.67 bits per heavy atom. The Morgan fingerprint density at radius 1 is 1.13 bits per heavy atom. The number of para-hydroxylation sites is 1. The first kappa shape index (κ1) is 18.8. The van der Waals surface area contributed by atoms with E-state index < -0.39 is 11.9 Å². The number of aromatic nitrogens is 2. The van der Waals surface area contributed by atoms with Crippen molar-refractivity contribution in [3.63, 3.8) is 0 Å². The molecule has 4 aromatic rings. The van der Waals surface area contributed by atoms with Crippen LogP contribution in [0.2, 0.25) is 0 Å². The molecule has 8 nitrogen and oxygen atoms in total. The van der Waals surface area contributed by atoms with Gasteiger partial charge in [-0.2, -0.15) is 4.99 Å². The second-order valence-corrected chi connectivity index (χ2v) is 8.45. The van der Waals surface area contributed by atoms with Gasteiger partial charge in [0, 0.05) is 12.1 Å². The molecule has 5 rings (SSSR count). The monoisotopic (exact) mass is 441 g/mol. The molecular weight excluding hydrogens is 426 g/mol. The first-order valence-corrected chi connectivity index (χ1v) is 10.7. The topological polar surface area (TPSA) is 92.0 Å². The lowest BCUT2D eigenvalue weighted by molar-refractivity contribution is -0.141. The fraction of sp³-hybridized carbons (Fsp3) is 0.200. The summed E-state index contributed by atoms with van der Waals surface area (Å²) >= 11 is 2.57. The number of methoxy groups -OCH3 is 1. The zero-order valence-corrected chi connectivity index (χ0v) is 17.4. The first-order chi connectivity index (χ1) is 14.6. The number of fused-ring (bicyclic) bond motifs is 3. The molecular formula is C20H15N3O5S2. The third kappa shape index (κ3) is 3.33. The number of amides is 1. The highest BCUT2D eigenvalue weighted by Crippen LogP contribution is 2.35. The highest BCUT2D eigenvalue weighted by atomic mass is 32.1. The van der Waals surface area contributed by atoms with Gasteiger partial charge in [0.05, 0.1) is 27.5 Å². The second-order valence-electron chi connectivity index (χ2n) is 6.41. The van der Waals surface area contributed by atoms with Gasteiger partial charge in [-0.05, 0) is 12.1 Å². The number of ether oxygens (including phenoxy) is 3. The van der Waals surface area contributed by atoms with Crippen molar-refractivity contribution in [2.45, 2.75) is 6.54 Å². The number of hydrogen-bond acceptors (Lipinski definition) is 8. The third-order valence-electron chi connectivity index (χ3n) is 4.54. The van der Waals surface area contributed by atoms with Gasteiger partial charge in [-0.3, -0.25) is 9.59 Å². The van der Waals surface area contributed by atoms with Gasteiger partial charge in [0.25, 0.3) is 0 Å². The molecule has 0 bridgehead atoms. The Bertz CT molecular complexity index is 1340. The van der Waals surface area contributed by atoms with Crippen LogP contribution in [0.15, 0.2) is 41.4 Å². The largest absolute Gasteiger partial charge is 0.486 e. The molecule has 1 amide bonds. The van der Waals surface area contributed by atoms with E-state index in [9.17, 15) is 9.59 Å². The molecule has 0 fully saturated rings. The predicted octanol–water partition coefficient (Wildman–Crippen LogP) is 3.00. The van der Waals surface area contributed by atoms with Crippen LogP contribution >= 0.6 is 22.7 Å². The van der Waals surface area contributed by atoms with Gasteiger partial charge in [-0.25, -0.2) is 4.98 Å². The van der Waals surface area contributed by atoms with Gasteiger partial charge in [0.2, 0.25) is 0 Å². The lowest BCUT2D eigenvalue weighted by Crippen LogP contribution is -2.22. The molecule has 3 heterocycles. The molecule has 0 saturated heterocycles. The minimum absolute atomic E-state index is 0.0812. The van der Waals surface area contributed by atoms with Crippen molar-refractivity contribution in [3.8, 4) is 11.5 Å². The number of rotatable bonds is 3. The van der Waals surface area contributed by atoms with Gasteiger partial charge >= 0.3 is 11.9 Å². The van der Waals surface area contributed by atoms with Crippen molar-refractivity contribution < 1.29 is 23.8 Å². The predicted molar refractivity (Wildman–Crippen MR) is 112 cm³/mol. The van der Waals surface area contributed by atoms with E-state index in [0.717, 1.165) is 14.9 Å². The van der Waals surface area contributed by atoms with E-state index in [1.54, 1.807) is 10.6 Å². The summed E-state index contributed by atoms with van der Waals surface area (Å²) in [6.45, 7) is 0.842. The standard InChI is InChI=1S/C20H15N3O5S2/c1-26-17(24)10-23-12-8-13-14(28-7-6-27-13)9-16(12)30-20(23)22-18(25)19-21-11-4-2-3-5-15(11)29-19/h2-5,8-9H,6-7,10H2,1H3. The molecule has 1 aliphatic rings. The Balaban J connectivity index is 1.65. The summed E-state index contributed by atoms with van der Waals surface area (Å²) in [5.41, 5.74) is 1.47. The number of benzene rings is 2. The van der Waals surface area contributed by atoms with E-state index in [2.05, 4.69) is 9.98 Å². The van der Waals surface area contributed by atoms with Crippen LogP contribution in [0.5, 0.6) is 11.5 Å². The molecule has 0 aliphatic carbocycles. The summed E-state index contributed by atoms with van der Waals surface area (Å²) in [7, 11) is 1.32. The van der Waals surface area contributed by atoms with Crippen molar-refractivity contribution >= 4 is 55.0 Å². The number of esters is 1. The summed E-state index contributed by atoms with van der Waals surface area (Å²) in [6.07, 6.45) is 0. The maximum Gasteiger partial charge on any atom is 0.325 e. The summed E-state index contributed by atoms with van der Waals surface area (Å²) in [5.74, 6) is 0.315. The van der Waals surface area contributed by atoms with Crippen LogP contribution in [0.1, 0.15) is 9.80 Å². The zero-order chi connectivity index (χ0) is 20.7. The van der Waals surface area contributed by atoms with Crippen molar-refractivity contribution in [2.75, 3.05) is 20.3 Å². The molecule has 2 aromatic carbocycles. The zero-order valence-electron chi connectivity index (χ0n) is 15.8. The van der Waals surface area contributed by atoms with Gasteiger partial charge in [-0.15, -0.1) is 11.3 Å². The number of thiazole rings is 2. The van der Waals surface area contributed by atoms with Crippen LogP contribution in [-0.4, -0.2) is 41.8 Å². The molecule has 10 heteroatoms. The number of carbonyl (C=O) groups is 2. The van der Waals surface area contributed by atoms with Crippen LogP contribution in [0.4, 0.5) is 0 Å². The minimum atomic E-state index is -0.460. The molecule has 0 saturated carbocycles. The second kappa shape index (κ2) is 7.54. The maximum atomic E-state index is 12.8. The lowest BCUT2D eigenvalue weighted by Gasteiger charge is -2.18. The highest BCUT2D eigenvalue weighted by molar-refractivity contribution is 7.20. The maximum absolute atomic E-state index is 12.8. The van der Waals surface area contributed by atoms with Crippen LogP contribution in [0.25, 0.3) is 20.4 Å². The summed E-state index contributed by atoms with van der Waals surface area (Å²) < 4.78 is 19.5. The molecule has 30 heavy (non-hydrogen) atoms. The summed E-state index contributed by atoms with van der Waals surface area (Å²) in [4.78, 5) is 33.9. The summed E-state index contributed by atoms with van der Waals surface area (Å²) in [6, 6.07) is 11.2. The van der Waals surface area contributed by atoms with Crippen LogP contribution in [-0.2, 0) is 16.1 Å². The highest BCUT2D eigenvalue weighted by Gasteiger charge is 2.19. The van der Waals surface area contributed by atoms with Crippen LogP contribution in [0, 0.1) is 0 Å². The molecule has 2 aromatic heterocycles. The quantitative estimate of drug-likeness (QED) is 0.454. The average Bonchev–Trinajstić information content (AvgIpc) is 3.33. The van der Waals surface area contributed by atoms with Gasteiger partial charge in [0.1, 0.15) is 19.8 Å². The van der Waals surface area contributed by atoms with E-state index in [0.29, 0.717) is 40.0 Å². The lowest BCUT2D eigenvalue weighted by atomic mass is 10.2. The smallest absolute Gasteiger partial charge is 0.325 e. The number of carbonyl (C=O) groups excluding carboxylic acids is 2. The summed E-state index contributed by atoms with van der Waals surface area (Å²) in [5, 5.41) is 0.296. The first-order valence-electron chi connectivity index (χ1n) is 9.07. The Kier molecular flexibility index (Phi) is 4.72. The minimum Gasteiger partial charge on any atom is -0.486 e. The van der Waals surface area contributed by atoms with Crippen molar-refractivity contribution in [1.82, 2.24) is 9.55 Å². The van der Waals surface area contributed by atoms with Crippen molar-refractivity contribution in [2.24, 2.45) is 4.99 Å². The Labute approximate surface area is 178 Å². The van der Waals surface area contributed by atoms with Gasteiger partial charge in [0.15, 0.2) is 21.3 Å². The molecule has 0 atom stereocenters. The fourth-order valence-electron chi connectivity index (χ4n) is 3.14. The normalized spacial score (nSPS) is 13.7. The molecule has 0 N–H and O–H groups in total. The van der Waals surface area contributed by atoms with Gasteiger partial charge < -0.3 is 18.8 Å². The molecule has 1 aliphatic heterocycles. The SMILES string of the molecule is COC(=O)Cn1c(=NC(=O)c2nc3ccccc3s2)sc2cc3c(cc21)OCCO3.